The molecule has 0 spiro atoms. The molecule has 3 N–H and O–H groups in total. The first-order valence-corrected chi connectivity index (χ1v) is 7.70. The van der Waals surface area contributed by atoms with Gasteiger partial charge in [0.05, 0.1) is 12.0 Å². The molecule has 128 valence electrons. The first-order valence-electron chi connectivity index (χ1n) is 7.70. The van der Waals surface area contributed by atoms with Gasteiger partial charge in [0.25, 0.3) is 0 Å². The first kappa shape index (κ1) is 19.1. The standard InChI is InChI=1S/C17H24FNO4/c1-12(20)16(19)9-6-14(17(21)22)5-2-13-3-7-15(8-4-13)23-11-10-18/h3-4,7-8,14,16H,2,5-6,9-11,19H2,1H3,(H,21,22)/t14?,16-/m0/s1. The molecule has 6 heteroatoms. The van der Waals surface area contributed by atoms with Gasteiger partial charge in [-0.25, -0.2) is 4.39 Å². The van der Waals surface area contributed by atoms with Gasteiger partial charge < -0.3 is 15.6 Å². The molecular formula is C17H24FNO4. The Hall–Kier alpha value is -1.95. The summed E-state index contributed by atoms with van der Waals surface area (Å²) in [5, 5.41) is 9.26. The Morgan fingerprint density at radius 3 is 2.39 bits per heavy atom. The Morgan fingerprint density at radius 1 is 1.22 bits per heavy atom. The summed E-state index contributed by atoms with van der Waals surface area (Å²) >= 11 is 0. The summed E-state index contributed by atoms with van der Waals surface area (Å²) < 4.78 is 17.2. The average Bonchev–Trinajstić information content (AvgIpc) is 2.53. The zero-order chi connectivity index (χ0) is 17.2. The van der Waals surface area contributed by atoms with Gasteiger partial charge in [-0.05, 0) is 50.3 Å². The summed E-state index contributed by atoms with van der Waals surface area (Å²) in [6, 6.07) is 6.57. The Labute approximate surface area is 135 Å². The van der Waals surface area contributed by atoms with Crippen LogP contribution in [0.5, 0.6) is 5.75 Å². The highest BCUT2D eigenvalue weighted by atomic mass is 19.1. The highest BCUT2D eigenvalue weighted by Crippen LogP contribution is 2.19. The van der Waals surface area contributed by atoms with Gasteiger partial charge in [0.15, 0.2) is 0 Å². The van der Waals surface area contributed by atoms with E-state index in [-0.39, 0.29) is 12.4 Å². The number of aryl methyl sites for hydroxylation is 1. The molecular weight excluding hydrogens is 301 g/mol. The van der Waals surface area contributed by atoms with Crippen LogP contribution in [0.4, 0.5) is 4.39 Å². The summed E-state index contributed by atoms with van der Waals surface area (Å²) in [5.74, 6) is -0.932. The second kappa shape index (κ2) is 9.94. The van der Waals surface area contributed by atoms with Crippen LogP contribution in [0, 0.1) is 5.92 Å². The van der Waals surface area contributed by atoms with Crippen LogP contribution >= 0.6 is 0 Å². The molecule has 1 aromatic rings. The zero-order valence-corrected chi connectivity index (χ0v) is 13.3. The molecule has 0 saturated heterocycles. The quantitative estimate of drug-likeness (QED) is 0.652. The predicted octanol–water partition coefficient (Wildman–Crippen LogP) is 2.36. The van der Waals surface area contributed by atoms with Crippen LogP contribution in [0.2, 0.25) is 0 Å². The lowest BCUT2D eigenvalue weighted by molar-refractivity contribution is -0.142. The second-order valence-corrected chi connectivity index (χ2v) is 5.55. The van der Waals surface area contributed by atoms with Crippen LogP contribution in [0.15, 0.2) is 24.3 Å². The van der Waals surface area contributed by atoms with Crippen molar-refractivity contribution in [3.05, 3.63) is 29.8 Å². The molecule has 23 heavy (non-hydrogen) atoms. The Morgan fingerprint density at radius 2 is 1.87 bits per heavy atom. The molecule has 1 aromatic carbocycles. The predicted molar refractivity (Wildman–Crippen MR) is 85.2 cm³/mol. The Balaban J connectivity index is 2.48. The second-order valence-electron chi connectivity index (χ2n) is 5.55. The first-order chi connectivity index (χ1) is 10.9. The lowest BCUT2D eigenvalue weighted by Gasteiger charge is -2.14. The van der Waals surface area contributed by atoms with Crippen molar-refractivity contribution in [1.29, 1.82) is 0 Å². The molecule has 5 nitrogen and oxygen atoms in total. The Kier molecular flexibility index (Phi) is 8.26. The molecule has 2 atom stereocenters. The number of aliphatic carboxylic acids is 1. The lowest BCUT2D eigenvalue weighted by Crippen LogP contribution is -2.29. The summed E-state index contributed by atoms with van der Waals surface area (Å²) in [6.45, 7) is 0.897. The fourth-order valence-electron chi connectivity index (χ4n) is 2.22. The third-order valence-electron chi connectivity index (χ3n) is 3.75. The number of ether oxygens (including phenoxy) is 1. The number of carboxylic acid groups (broad SMARTS) is 1. The maximum Gasteiger partial charge on any atom is 0.306 e. The molecule has 0 saturated carbocycles. The number of benzene rings is 1. The van der Waals surface area contributed by atoms with Gasteiger partial charge in [-0.15, -0.1) is 0 Å². The van der Waals surface area contributed by atoms with Crippen molar-refractivity contribution in [1.82, 2.24) is 0 Å². The van der Waals surface area contributed by atoms with Crippen molar-refractivity contribution >= 4 is 11.8 Å². The normalized spacial score (nSPS) is 13.3. The number of hydrogen-bond donors (Lipinski definition) is 2. The van der Waals surface area contributed by atoms with Gasteiger partial charge in [0.2, 0.25) is 0 Å². The van der Waals surface area contributed by atoms with Crippen LogP contribution in [0.1, 0.15) is 31.7 Å². The number of carbonyl (C=O) groups is 2. The van der Waals surface area contributed by atoms with Gasteiger partial charge in [-0.3, -0.25) is 9.59 Å². The van der Waals surface area contributed by atoms with Crippen molar-refractivity contribution in [3.8, 4) is 5.75 Å². The van der Waals surface area contributed by atoms with E-state index in [0.29, 0.717) is 31.4 Å². The number of Topliss-reactive ketones (excluding diaryl/α,β-unsaturated/α-hetero) is 1. The number of alkyl halides is 1. The molecule has 0 aliphatic carbocycles. The molecule has 1 rings (SSSR count). The number of carboxylic acids is 1. The summed E-state index contributed by atoms with van der Waals surface area (Å²) in [4.78, 5) is 22.4. The highest BCUT2D eigenvalue weighted by Gasteiger charge is 2.19. The molecule has 0 aliphatic heterocycles. The molecule has 1 unspecified atom stereocenters. The minimum absolute atomic E-state index is 0.0246. The number of hydrogen-bond acceptors (Lipinski definition) is 4. The van der Waals surface area contributed by atoms with E-state index < -0.39 is 24.6 Å². The SMILES string of the molecule is CC(=O)[C@@H](N)CCC(CCc1ccc(OCCF)cc1)C(=O)O. The maximum absolute atomic E-state index is 12.0. The smallest absolute Gasteiger partial charge is 0.306 e. The molecule has 0 radical (unpaired) electrons. The van der Waals surface area contributed by atoms with E-state index >= 15 is 0 Å². The van der Waals surface area contributed by atoms with E-state index in [9.17, 15) is 19.1 Å². The number of carbonyl (C=O) groups excluding carboxylic acids is 1. The molecule has 0 amide bonds. The molecule has 0 bridgehead atoms. The number of halogens is 1. The topological polar surface area (TPSA) is 89.6 Å². The molecule has 0 heterocycles. The van der Waals surface area contributed by atoms with E-state index in [1.807, 2.05) is 12.1 Å². The van der Waals surface area contributed by atoms with Crippen LogP contribution in [-0.2, 0) is 16.0 Å². The third kappa shape index (κ3) is 7.23. The maximum atomic E-state index is 12.0. The van der Waals surface area contributed by atoms with E-state index in [2.05, 4.69) is 0 Å². The van der Waals surface area contributed by atoms with E-state index in [1.165, 1.54) is 6.92 Å². The highest BCUT2D eigenvalue weighted by molar-refractivity contribution is 5.81. The fraction of sp³-hybridized carbons (Fsp3) is 0.529. The Bertz CT molecular complexity index is 504. The number of ketones is 1. The largest absolute Gasteiger partial charge is 0.491 e. The van der Waals surface area contributed by atoms with Crippen molar-refractivity contribution in [2.24, 2.45) is 11.7 Å². The average molecular weight is 325 g/mol. The summed E-state index contributed by atoms with van der Waals surface area (Å²) in [7, 11) is 0. The van der Waals surface area contributed by atoms with E-state index in [0.717, 1.165) is 5.56 Å². The van der Waals surface area contributed by atoms with Crippen molar-refractivity contribution < 1.29 is 23.8 Å². The molecule has 0 aliphatic rings. The number of rotatable bonds is 11. The van der Waals surface area contributed by atoms with E-state index in [4.69, 9.17) is 10.5 Å². The van der Waals surface area contributed by atoms with E-state index in [1.54, 1.807) is 12.1 Å². The monoisotopic (exact) mass is 325 g/mol. The van der Waals surface area contributed by atoms with Crippen LogP contribution in [0.3, 0.4) is 0 Å². The fourth-order valence-corrected chi connectivity index (χ4v) is 2.22. The minimum Gasteiger partial charge on any atom is -0.491 e. The van der Waals surface area contributed by atoms with Gasteiger partial charge in [-0.2, -0.15) is 0 Å². The van der Waals surface area contributed by atoms with Gasteiger partial charge in [0, 0.05) is 0 Å². The lowest BCUT2D eigenvalue weighted by atomic mass is 9.93. The molecule has 0 aromatic heterocycles. The third-order valence-corrected chi connectivity index (χ3v) is 3.75. The van der Waals surface area contributed by atoms with Crippen molar-refractivity contribution in [2.75, 3.05) is 13.3 Å². The van der Waals surface area contributed by atoms with Crippen LogP contribution in [-0.4, -0.2) is 36.2 Å². The summed E-state index contributed by atoms with van der Waals surface area (Å²) in [6.07, 6.45) is 1.84. The zero-order valence-electron chi connectivity index (χ0n) is 13.3. The van der Waals surface area contributed by atoms with Crippen molar-refractivity contribution in [3.63, 3.8) is 0 Å². The van der Waals surface area contributed by atoms with Gasteiger partial charge >= 0.3 is 5.97 Å². The van der Waals surface area contributed by atoms with Gasteiger partial charge in [-0.1, -0.05) is 12.1 Å². The van der Waals surface area contributed by atoms with Crippen LogP contribution < -0.4 is 10.5 Å². The van der Waals surface area contributed by atoms with Crippen molar-refractivity contribution in [2.45, 2.75) is 38.6 Å². The molecule has 0 fully saturated rings. The summed E-state index contributed by atoms with van der Waals surface area (Å²) in [5.41, 5.74) is 6.63. The number of nitrogens with two attached hydrogens (primary N) is 1. The minimum atomic E-state index is -0.872. The van der Waals surface area contributed by atoms with Crippen LogP contribution in [0.25, 0.3) is 0 Å². The van der Waals surface area contributed by atoms with Gasteiger partial charge in [0.1, 0.15) is 24.8 Å².